The number of hydrogen-bond acceptors (Lipinski definition) is 1. The molecule has 0 saturated heterocycles. The summed E-state index contributed by atoms with van der Waals surface area (Å²) in [7, 11) is 0. The van der Waals surface area contributed by atoms with Crippen molar-refractivity contribution in [2.75, 3.05) is 6.61 Å². The van der Waals surface area contributed by atoms with Crippen LogP contribution in [0.2, 0.25) is 0 Å². The van der Waals surface area contributed by atoms with E-state index in [0.717, 1.165) is 19.3 Å². The molecule has 2 rings (SSSR count). The molecule has 0 heterocycles. The van der Waals surface area contributed by atoms with Gasteiger partial charge in [-0.25, -0.2) is 4.39 Å². The molecule has 33 heavy (non-hydrogen) atoms. The molecule has 0 N–H and O–H groups in total. The van der Waals surface area contributed by atoms with Gasteiger partial charge in [-0.05, 0) is 42.5 Å². The van der Waals surface area contributed by atoms with Gasteiger partial charge in [-0.15, -0.1) is 0 Å². The Balaban J connectivity index is 1.77. The van der Waals surface area contributed by atoms with Gasteiger partial charge in [0.2, 0.25) is 5.82 Å². The zero-order valence-electron chi connectivity index (χ0n) is 20.9. The number of halogens is 2. The van der Waals surface area contributed by atoms with Crippen molar-refractivity contribution < 1.29 is 13.5 Å². The predicted molar refractivity (Wildman–Crippen MR) is 137 cm³/mol. The zero-order valence-corrected chi connectivity index (χ0v) is 20.9. The minimum atomic E-state index is -0.888. The average molecular weight is 459 g/mol. The molecule has 0 aromatic heterocycles. The third-order valence-corrected chi connectivity index (χ3v) is 6.39. The Kier molecular flexibility index (Phi) is 13.8. The van der Waals surface area contributed by atoms with Crippen molar-refractivity contribution in [2.45, 2.75) is 110 Å². The normalized spacial score (nSPS) is 11.2. The van der Waals surface area contributed by atoms with Crippen LogP contribution in [0.1, 0.15) is 109 Å². The number of rotatable bonds is 18. The van der Waals surface area contributed by atoms with Crippen LogP contribution < -0.4 is 4.74 Å². The Morgan fingerprint density at radius 3 is 1.73 bits per heavy atom. The first-order valence-corrected chi connectivity index (χ1v) is 13.4. The molecule has 2 aromatic carbocycles. The summed E-state index contributed by atoms with van der Waals surface area (Å²) >= 11 is 0. The van der Waals surface area contributed by atoms with E-state index in [4.69, 9.17) is 4.74 Å². The second kappa shape index (κ2) is 16.7. The van der Waals surface area contributed by atoms with E-state index in [0.29, 0.717) is 12.2 Å². The highest BCUT2D eigenvalue weighted by Crippen LogP contribution is 2.30. The van der Waals surface area contributed by atoms with Crippen molar-refractivity contribution in [3.63, 3.8) is 0 Å². The van der Waals surface area contributed by atoms with E-state index in [1.54, 1.807) is 12.1 Å². The van der Waals surface area contributed by atoms with Crippen molar-refractivity contribution in [1.29, 1.82) is 0 Å². The molecule has 0 bridgehead atoms. The van der Waals surface area contributed by atoms with Crippen LogP contribution in [0.3, 0.4) is 0 Å². The SMILES string of the molecule is CCCCCCCCCCc1ccc(-c2ccc(OCCCCCCCC)c(F)c2F)cc1. The fraction of sp³-hybridized carbons (Fsp3) is 0.600. The lowest BCUT2D eigenvalue weighted by atomic mass is 10.00. The molecule has 0 radical (unpaired) electrons. The first kappa shape index (κ1) is 27.3. The molecule has 2 aromatic rings. The fourth-order valence-electron chi connectivity index (χ4n) is 4.24. The third-order valence-electron chi connectivity index (χ3n) is 6.39. The van der Waals surface area contributed by atoms with E-state index in [2.05, 4.69) is 13.8 Å². The lowest BCUT2D eigenvalue weighted by molar-refractivity contribution is 0.285. The van der Waals surface area contributed by atoms with Gasteiger partial charge in [-0.1, -0.05) is 115 Å². The van der Waals surface area contributed by atoms with Crippen LogP contribution in [0.5, 0.6) is 5.75 Å². The minimum absolute atomic E-state index is 0.0103. The highest BCUT2D eigenvalue weighted by atomic mass is 19.2. The highest BCUT2D eigenvalue weighted by molar-refractivity contribution is 5.65. The van der Waals surface area contributed by atoms with Gasteiger partial charge in [-0.3, -0.25) is 0 Å². The van der Waals surface area contributed by atoms with E-state index in [1.165, 1.54) is 82.6 Å². The summed E-state index contributed by atoms with van der Waals surface area (Å²) in [5, 5.41) is 0. The Bertz CT molecular complexity index is 770. The van der Waals surface area contributed by atoms with Gasteiger partial charge in [0.05, 0.1) is 6.61 Å². The molecule has 0 fully saturated rings. The summed E-state index contributed by atoms with van der Waals surface area (Å²) in [5.41, 5.74) is 2.25. The standard InChI is InChI=1S/C30H44F2O/c1-3-5-7-9-11-12-13-15-17-25-18-20-26(21-19-25)27-22-23-28(30(32)29(27)31)33-24-16-14-10-8-6-4-2/h18-23H,3-17,24H2,1-2H3. The lowest BCUT2D eigenvalue weighted by Crippen LogP contribution is -2.01. The molecule has 0 aliphatic rings. The molecule has 0 amide bonds. The third kappa shape index (κ3) is 10.3. The van der Waals surface area contributed by atoms with Crippen LogP contribution in [-0.2, 0) is 6.42 Å². The molecule has 0 spiro atoms. The molecule has 1 nitrogen and oxygen atoms in total. The van der Waals surface area contributed by atoms with Crippen LogP contribution in [0.25, 0.3) is 11.1 Å². The number of hydrogen-bond donors (Lipinski definition) is 0. The first-order chi connectivity index (χ1) is 16.2. The Hall–Kier alpha value is -1.90. The van der Waals surface area contributed by atoms with E-state index in [-0.39, 0.29) is 11.3 Å². The number of ether oxygens (including phenoxy) is 1. The monoisotopic (exact) mass is 458 g/mol. The van der Waals surface area contributed by atoms with Gasteiger partial charge in [-0.2, -0.15) is 4.39 Å². The average Bonchev–Trinajstić information content (AvgIpc) is 2.83. The van der Waals surface area contributed by atoms with Crippen molar-refractivity contribution in [3.8, 4) is 16.9 Å². The van der Waals surface area contributed by atoms with Crippen LogP contribution >= 0.6 is 0 Å². The topological polar surface area (TPSA) is 9.23 Å². The van der Waals surface area contributed by atoms with Crippen LogP contribution in [-0.4, -0.2) is 6.61 Å². The molecular weight excluding hydrogens is 414 g/mol. The molecule has 0 aliphatic heterocycles. The van der Waals surface area contributed by atoms with Gasteiger partial charge in [0.1, 0.15) is 0 Å². The maximum atomic E-state index is 14.7. The summed E-state index contributed by atoms with van der Waals surface area (Å²) in [4.78, 5) is 0. The lowest BCUT2D eigenvalue weighted by Gasteiger charge is -2.11. The first-order valence-electron chi connectivity index (χ1n) is 13.4. The van der Waals surface area contributed by atoms with Gasteiger partial charge < -0.3 is 4.74 Å². The minimum Gasteiger partial charge on any atom is -0.490 e. The highest BCUT2D eigenvalue weighted by Gasteiger charge is 2.15. The van der Waals surface area contributed by atoms with E-state index < -0.39 is 11.6 Å². The van der Waals surface area contributed by atoms with E-state index >= 15 is 0 Å². The maximum Gasteiger partial charge on any atom is 0.201 e. The van der Waals surface area contributed by atoms with Crippen molar-refractivity contribution >= 4 is 0 Å². The summed E-state index contributed by atoms with van der Waals surface area (Å²) in [6.45, 7) is 4.86. The van der Waals surface area contributed by atoms with Crippen molar-refractivity contribution in [1.82, 2.24) is 0 Å². The molecule has 3 heteroatoms. The summed E-state index contributed by atoms with van der Waals surface area (Å²) in [6.07, 6.45) is 18.3. The van der Waals surface area contributed by atoms with Crippen LogP contribution in [0.4, 0.5) is 8.78 Å². The van der Waals surface area contributed by atoms with Crippen LogP contribution in [0, 0.1) is 11.6 Å². The summed E-state index contributed by atoms with van der Waals surface area (Å²) < 4.78 is 34.8. The largest absolute Gasteiger partial charge is 0.490 e. The molecular formula is C30H44F2O. The maximum absolute atomic E-state index is 14.7. The zero-order chi connectivity index (χ0) is 23.7. The summed E-state index contributed by atoms with van der Waals surface area (Å²) in [6, 6.07) is 11.1. The van der Waals surface area contributed by atoms with Crippen LogP contribution in [0.15, 0.2) is 36.4 Å². The fourth-order valence-corrected chi connectivity index (χ4v) is 4.24. The van der Waals surface area contributed by atoms with Gasteiger partial charge in [0, 0.05) is 5.56 Å². The molecule has 184 valence electrons. The Morgan fingerprint density at radius 2 is 1.12 bits per heavy atom. The van der Waals surface area contributed by atoms with Gasteiger partial charge in [0.15, 0.2) is 11.6 Å². The molecule has 0 unspecified atom stereocenters. The number of benzene rings is 2. The second-order valence-electron chi connectivity index (χ2n) is 9.28. The Labute approximate surface area is 201 Å². The quantitative estimate of drug-likeness (QED) is 0.202. The second-order valence-corrected chi connectivity index (χ2v) is 9.28. The smallest absolute Gasteiger partial charge is 0.201 e. The molecule has 0 aliphatic carbocycles. The number of unbranched alkanes of at least 4 members (excludes halogenated alkanes) is 12. The van der Waals surface area contributed by atoms with Gasteiger partial charge in [0.25, 0.3) is 0 Å². The molecule has 0 atom stereocenters. The Morgan fingerprint density at radius 1 is 0.576 bits per heavy atom. The van der Waals surface area contributed by atoms with Gasteiger partial charge >= 0.3 is 0 Å². The van der Waals surface area contributed by atoms with E-state index in [1.807, 2.05) is 24.3 Å². The summed E-state index contributed by atoms with van der Waals surface area (Å²) in [5.74, 6) is -1.70. The number of aryl methyl sites for hydroxylation is 1. The molecule has 0 saturated carbocycles. The predicted octanol–water partition coefficient (Wildman–Crippen LogP) is 10.1. The van der Waals surface area contributed by atoms with Crippen molar-refractivity contribution in [2.24, 2.45) is 0 Å². The van der Waals surface area contributed by atoms with Crippen molar-refractivity contribution in [3.05, 3.63) is 53.6 Å². The van der Waals surface area contributed by atoms with E-state index in [9.17, 15) is 8.78 Å².